The van der Waals surface area contributed by atoms with E-state index in [2.05, 4.69) is 10.6 Å². The SMILES string of the molecule is C.CNCC(OC)=[N+](C)C.CNCC(OC)=[N+](C)C.O.O=S(=O)(O)C(F)(F)F.O=S(=O)([O-])C(F)(F)F. The number of nitrogens with one attached hydrogen (secondary N) is 2. The first-order valence-corrected chi connectivity index (χ1v) is 11.3. The molecular weight excluding hydrogens is 558 g/mol. The van der Waals surface area contributed by atoms with Crippen molar-refractivity contribution >= 4 is 32.0 Å². The molecule has 0 aromatic rings. The monoisotopic (exact) mass is 595 g/mol. The number of ether oxygens (including phenoxy) is 2. The lowest BCUT2D eigenvalue weighted by Gasteiger charge is -2.08. The number of halogens is 6. The minimum Gasteiger partial charge on any atom is -0.741 e. The zero-order valence-electron chi connectivity index (χ0n) is 20.2. The van der Waals surface area contributed by atoms with Gasteiger partial charge in [0.15, 0.2) is 10.1 Å². The Labute approximate surface area is 207 Å². The van der Waals surface area contributed by atoms with Crippen LogP contribution in [0.5, 0.6) is 0 Å². The predicted molar refractivity (Wildman–Crippen MR) is 120 cm³/mol. The molecule has 21 heteroatoms. The zero-order chi connectivity index (χ0) is 28.6. The number of hydrogen-bond donors (Lipinski definition) is 3. The van der Waals surface area contributed by atoms with Crippen molar-refractivity contribution in [3.05, 3.63) is 0 Å². The maximum atomic E-state index is 10.7. The molecule has 0 amide bonds. The van der Waals surface area contributed by atoms with Crippen molar-refractivity contribution in [2.45, 2.75) is 18.4 Å². The Morgan fingerprint density at radius 2 is 1.00 bits per heavy atom. The van der Waals surface area contributed by atoms with Gasteiger partial charge in [-0.2, -0.15) is 34.8 Å². The summed E-state index contributed by atoms with van der Waals surface area (Å²) in [7, 11) is 3.02. The van der Waals surface area contributed by atoms with Crippen LogP contribution in [-0.2, 0) is 29.7 Å². The largest absolute Gasteiger partial charge is 0.741 e. The van der Waals surface area contributed by atoms with E-state index in [1.165, 1.54) is 0 Å². The minimum absolute atomic E-state index is 0. The van der Waals surface area contributed by atoms with E-state index in [1.54, 1.807) is 14.2 Å². The van der Waals surface area contributed by atoms with Gasteiger partial charge < -0.3 is 30.1 Å². The Kier molecular flexibility index (Phi) is 28.1. The van der Waals surface area contributed by atoms with Crippen molar-refractivity contribution in [1.82, 2.24) is 10.6 Å². The van der Waals surface area contributed by atoms with Crippen molar-refractivity contribution < 1.29 is 76.4 Å². The molecule has 0 spiro atoms. The highest BCUT2D eigenvalue weighted by molar-refractivity contribution is 7.86. The lowest BCUT2D eigenvalue weighted by Crippen LogP contribution is -2.27. The first-order chi connectivity index (χ1) is 14.9. The standard InChI is InChI=1S/2C6H15N2O.2CHF3O3S.CH4.H2O/c2*1-7-5-6(9-4)8(2)3;2*2-1(3,4)8(5,6)7;;/h2*7H,5H2,1-4H3;2*(H,5,6,7);1H4;1H2/q2*+1;;;;/p-1. The third-order valence-electron chi connectivity index (χ3n) is 2.70. The summed E-state index contributed by atoms with van der Waals surface area (Å²) in [5.41, 5.74) is -11.2. The second kappa shape index (κ2) is 21.3. The van der Waals surface area contributed by atoms with Crippen LogP contribution in [0, 0.1) is 0 Å². The van der Waals surface area contributed by atoms with Gasteiger partial charge in [-0.25, -0.2) is 17.6 Å². The molecule has 0 aliphatic carbocycles. The van der Waals surface area contributed by atoms with E-state index in [1.807, 2.05) is 51.4 Å². The Morgan fingerprint density at radius 1 is 0.806 bits per heavy atom. The van der Waals surface area contributed by atoms with Gasteiger partial charge in [0, 0.05) is 0 Å². The maximum Gasteiger partial charge on any atom is 0.522 e. The molecular formula is C15H37F6N4O9S2+. The predicted octanol–water partition coefficient (Wildman–Crippen LogP) is -0.698. The number of alkyl halides is 6. The molecule has 13 nitrogen and oxygen atoms in total. The lowest BCUT2D eigenvalue weighted by molar-refractivity contribution is -0.475. The second-order valence-electron chi connectivity index (χ2n) is 5.87. The van der Waals surface area contributed by atoms with E-state index in [4.69, 9.17) is 35.4 Å². The van der Waals surface area contributed by atoms with Crippen molar-refractivity contribution in [1.29, 1.82) is 0 Å². The van der Waals surface area contributed by atoms with Crippen LogP contribution >= 0.6 is 0 Å². The smallest absolute Gasteiger partial charge is 0.522 e. The van der Waals surface area contributed by atoms with Crippen LogP contribution in [0.3, 0.4) is 0 Å². The number of rotatable bonds is 4. The topological polar surface area (TPSA) is 192 Å². The van der Waals surface area contributed by atoms with Crippen LogP contribution in [0.15, 0.2) is 0 Å². The summed E-state index contributed by atoms with van der Waals surface area (Å²) in [6.07, 6.45) is 0. The highest BCUT2D eigenvalue weighted by Crippen LogP contribution is 2.21. The molecule has 36 heavy (non-hydrogen) atoms. The van der Waals surface area contributed by atoms with E-state index in [0.717, 1.165) is 24.9 Å². The maximum absolute atomic E-state index is 10.7. The Hall–Kier alpha value is -1.78. The summed E-state index contributed by atoms with van der Waals surface area (Å²) in [6, 6.07) is 0. The second-order valence-corrected chi connectivity index (χ2v) is 8.65. The van der Waals surface area contributed by atoms with Crippen molar-refractivity contribution in [2.24, 2.45) is 0 Å². The van der Waals surface area contributed by atoms with Gasteiger partial charge in [-0.05, 0) is 14.1 Å². The summed E-state index contributed by atoms with van der Waals surface area (Å²) in [5.74, 6) is 1.88. The summed E-state index contributed by atoms with van der Waals surface area (Å²) in [4.78, 5) is 0. The van der Waals surface area contributed by atoms with Gasteiger partial charge in [-0.1, -0.05) is 7.43 Å². The normalized spacial score (nSPS) is 10.7. The molecule has 0 atom stereocenters. The van der Waals surface area contributed by atoms with Crippen molar-refractivity contribution in [3.8, 4) is 0 Å². The Morgan fingerprint density at radius 3 is 1.03 bits per heavy atom. The highest BCUT2D eigenvalue weighted by atomic mass is 32.2. The van der Waals surface area contributed by atoms with Gasteiger partial charge in [0.2, 0.25) is 0 Å². The molecule has 5 N–H and O–H groups in total. The van der Waals surface area contributed by atoms with Gasteiger partial charge in [-0.3, -0.25) is 4.55 Å². The fraction of sp³-hybridized carbons (Fsp3) is 0.867. The lowest BCUT2D eigenvalue weighted by atomic mass is 10.6. The molecule has 0 saturated heterocycles. The van der Waals surface area contributed by atoms with Crippen molar-refractivity contribution in [2.75, 3.05) is 69.6 Å². The van der Waals surface area contributed by atoms with Crippen LogP contribution < -0.4 is 10.6 Å². The molecule has 0 aliphatic heterocycles. The number of methoxy groups -OCH3 is 2. The van der Waals surface area contributed by atoms with Crippen molar-refractivity contribution in [3.63, 3.8) is 0 Å². The van der Waals surface area contributed by atoms with E-state index >= 15 is 0 Å². The molecule has 0 bridgehead atoms. The van der Waals surface area contributed by atoms with Gasteiger partial charge in [-0.15, -0.1) is 0 Å². The molecule has 0 fully saturated rings. The third-order valence-corrected chi connectivity index (χ3v) is 3.85. The minimum atomic E-state index is -6.09. The number of likely N-dealkylation sites (N-methyl/N-ethyl adjacent to an activating group) is 2. The van der Waals surface area contributed by atoms with Crippen LogP contribution in [0.2, 0.25) is 0 Å². The number of hydrogen-bond acceptors (Lipinski definition) is 9. The van der Waals surface area contributed by atoms with E-state index < -0.39 is 31.3 Å². The first kappa shape index (κ1) is 47.4. The van der Waals surface area contributed by atoms with Crippen LogP contribution in [0.4, 0.5) is 26.3 Å². The summed E-state index contributed by atoms with van der Waals surface area (Å²) in [6.45, 7) is 1.56. The molecule has 0 heterocycles. The first-order valence-electron chi connectivity index (χ1n) is 8.43. The zero-order valence-corrected chi connectivity index (χ0v) is 21.8. The average molecular weight is 596 g/mol. The quantitative estimate of drug-likeness (QED) is 0.0935. The molecule has 0 aromatic carbocycles. The Balaban J connectivity index is -0.0000000819. The average Bonchev–Trinajstić information content (AvgIpc) is 2.61. The van der Waals surface area contributed by atoms with Crippen LogP contribution in [0.25, 0.3) is 0 Å². The van der Waals surface area contributed by atoms with E-state index in [-0.39, 0.29) is 12.9 Å². The van der Waals surface area contributed by atoms with Gasteiger partial charge in [0.25, 0.3) is 0 Å². The van der Waals surface area contributed by atoms with Gasteiger partial charge in [0.1, 0.15) is 41.3 Å². The fourth-order valence-corrected chi connectivity index (χ4v) is 1.13. The molecule has 0 radical (unpaired) electrons. The number of nitrogens with zero attached hydrogens (tertiary/aromatic N) is 2. The summed E-state index contributed by atoms with van der Waals surface area (Å²) in [5, 5.41) is 5.99. The third kappa shape index (κ3) is 26.8. The Bertz CT molecular complexity index is 767. The highest BCUT2D eigenvalue weighted by Gasteiger charge is 2.44. The fourth-order valence-electron chi connectivity index (χ4n) is 1.13. The van der Waals surface area contributed by atoms with E-state index in [9.17, 15) is 26.3 Å². The summed E-state index contributed by atoms with van der Waals surface area (Å²) >= 11 is 0. The van der Waals surface area contributed by atoms with Gasteiger partial charge >= 0.3 is 32.9 Å². The molecule has 0 aliphatic rings. The summed E-state index contributed by atoms with van der Waals surface area (Å²) < 4.78 is 130. The molecule has 0 unspecified atom stereocenters. The molecule has 224 valence electrons. The molecule has 0 saturated carbocycles. The van der Waals surface area contributed by atoms with Crippen LogP contribution in [-0.4, -0.2) is 133 Å². The van der Waals surface area contributed by atoms with Crippen LogP contribution in [0.1, 0.15) is 7.43 Å². The molecule has 0 aromatic heterocycles. The van der Waals surface area contributed by atoms with E-state index in [0.29, 0.717) is 0 Å². The van der Waals surface area contributed by atoms with Gasteiger partial charge in [0.05, 0.1) is 14.2 Å². The molecule has 0 rings (SSSR count).